The van der Waals surface area contributed by atoms with Crippen molar-refractivity contribution in [3.8, 4) is 0 Å². The molecule has 0 aliphatic carbocycles. The van der Waals surface area contributed by atoms with Crippen molar-refractivity contribution in [2.24, 2.45) is 11.5 Å². The minimum Gasteiger partial charge on any atom is -0.382 e. The topological polar surface area (TPSA) is 145 Å². The van der Waals surface area contributed by atoms with Gasteiger partial charge in [0.15, 0.2) is 0 Å². The molecule has 9 nitrogen and oxygen atoms in total. The van der Waals surface area contributed by atoms with Crippen LogP contribution in [0.4, 0.5) is 17.1 Å². The summed E-state index contributed by atoms with van der Waals surface area (Å²) in [6.45, 7) is -0.701. The molecule has 0 saturated carbocycles. The Bertz CT molecular complexity index is 530. The number of nitrogens with zero attached hydrogens (tertiary/aromatic N) is 2. The number of nitro groups is 1. The Morgan fingerprint density at radius 1 is 1.30 bits per heavy atom. The van der Waals surface area contributed by atoms with Crippen LogP contribution in [0.15, 0.2) is 18.2 Å². The molecule has 1 aromatic carbocycles. The average molecular weight is 281 g/mol. The van der Waals surface area contributed by atoms with E-state index in [4.69, 9.17) is 11.5 Å². The highest BCUT2D eigenvalue weighted by molar-refractivity contribution is 5.88. The fourth-order valence-electron chi connectivity index (χ4n) is 1.78. The summed E-state index contributed by atoms with van der Waals surface area (Å²) in [5.74, 6) is -1.45. The first-order valence-corrected chi connectivity index (χ1v) is 5.63. The van der Waals surface area contributed by atoms with Crippen molar-refractivity contribution in [1.29, 1.82) is 0 Å². The number of nitrogens with two attached hydrogens (primary N) is 2. The number of benzene rings is 1. The van der Waals surface area contributed by atoms with Crippen molar-refractivity contribution in [3.63, 3.8) is 0 Å². The van der Waals surface area contributed by atoms with Crippen LogP contribution >= 0.6 is 0 Å². The van der Waals surface area contributed by atoms with E-state index in [0.717, 1.165) is 0 Å². The molecule has 0 aromatic heterocycles. The highest BCUT2D eigenvalue weighted by Gasteiger charge is 2.25. The second kappa shape index (κ2) is 6.36. The zero-order chi connectivity index (χ0) is 15.3. The van der Waals surface area contributed by atoms with E-state index < -0.39 is 16.7 Å². The highest BCUT2D eigenvalue weighted by atomic mass is 16.6. The number of hydrogen-bond donors (Lipinski definition) is 3. The maximum atomic E-state index is 11.2. The van der Waals surface area contributed by atoms with Crippen LogP contribution in [0.1, 0.15) is 0 Å². The maximum absolute atomic E-state index is 11.2. The minimum atomic E-state index is -0.726. The molecule has 0 bridgehead atoms. The number of hydrogen-bond acceptors (Lipinski definition) is 6. The third-order valence-corrected chi connectivity index (χ3v) is 2.50. The minimum absolute atomic E-state index is 0.0967. The summed E-state index contributed by atoms with van der Waals surface area (Å²) in [5, 5.41) is 13.9. The Morgan fingerprint density at radius 2 is 1.85 bits per heavy atom. The van der Waals surface area contributed by atoms with Crippen molar-refractivity contribution < 1.29 is 14.5 Å². The summed E-state index contributed by atoms with van der Waals surface area (Å²) in [6, 6.07) is 4.49. The molecule has 0 heterocycles. The van der Waals surface area contributed by atoms with E-state index in [1.165, 1.54) is 24.1 Å². The zero-order valence-corrected chi connectivity index (χ0v) is 10.8. The standard InChI is InChI=1S/C11H15N5O4/c1-14-7-3-2-4-8(11(7)16(19)20)15(5-9(12)17)6-10(13)18/h2-4,14H,5-6H2,1H3,(H2,12,17)(H2,13,18). The summed E-state index contributed by atoms with van der Waals surface area (Å²) < 4.78 is 0. The maximum Gasteiger partial charge on any atom is 0.315 e. The van der Waals surface area contributed by atoms with Gasteiger partial charge < -0.3 is 21.7 Å². The van der Waals surface area contributed by atoms with Gasteiger partial charge in [0.25, 0.3) is 0 Å². The molecule has 0 radical (unpaired) electrons. The molecular weight excluding hydrogens is 266 g/mol. The first-order chi connectivity index (χ1) is 9.36. The number of nitrogens with one attached hydrogen (secondary N) is 1. The summed E-state index contributed by atoms with van der Waals surface area (Å²) in [5.41, 5.74) is 10.3. The van der Waals surface area contributed by atoms with Crippen LogP contribution in [-0.2, 0) is 9.59 Å². The smallest absolute Gasteiger partial charge is 0.315 e. The van der Waals surface area contributed by atoms with Gasteiger partial charge in [-0.2, -0.15) is 0 Å². The average Bonchev–Trinajstić information content (AvgIpc) is 2.35. The highest BCUT2D eigenvalue weighted by Crippen LogP contribution is 2.34. The van der Waals surface area contributed by atoms with Crippen LogP contribution in [0.3, 0.4) is 0 Å². The molecule has 2 amide bonds. The van der Waals surface area contributed by atoms with E-state index in [-0.39, 0.29) is 30.2 Å². The lowest BCUT2D eigenvalue weighted by molar-refractivity contribution is -0.383. The second-order valence-corrected chi connectivity index (χ2v) is 3.97. The molecule has 0 aliphatic rings. The molecule has 0 saturated heterocycles. The van der Waals surface area contributed by atoms with Crippen LogP contribution in [-0.4, -0.2) is 36.9 Å². The molecule has 0 fully saturated rings. The third-order valence-electron chi connectivity index (χ3n) is 2.50. The number of carbonyl (C=O) groups excluding carboxylic acids is 2. The third kappa shape index (κ3) is 3.57. The molecule has 0 atom stereocenters. The first-order valence-electron chi connectivity index (χ1n) is 5.63. The van der Waals surface area contributed by atoms with Gasteiger partial charge in [0.05, 0.1) is 18.0 Å². The predicted molar refractivity (Wildman–Crippen MR) is 73.2 cm³/mol. The number of carbonyl (C=O) groups is 2. The Morgan fingerprint density at radius 3 is 2.25 bits per heavy atom. The van der Waals surface area contributed by atoms with Crippen LogP contribution in [0, 0.1) is 10.1 Å². The normalized spacial score (nSPS) is 9.85. The number of nitro benzene ring substituents is 1. The van der Waals surface area contributed by atoms with Crippen LogP contribution < -0.4 is 21.7 Å². The lowest BCUT2D eigenvalue weighted by Gasteiger charge is -2.22. The van der Waals surface area contributed by atoms with Crippen LogP contribution in [0.2, 0.25) is 0 Å². The van der Waals surface area contributed by atoms with Crippen molar-refractivity contribution in [2.75, 3.05) is 30.4 Å². The number of amides is 2. The SMILES string of the molecule is CNc1cccc(N(CC(N)=O)CC(N)=O)c1[N+](=O)[O-]. The largest absolute Gasteiger partial charge is 0.382 e. The van der Waals surface area contributed by atoms with Gasteiger partial charge in [0.2, 0.25) is 11.8 Å². The molecule has 108 valence electrons. The molecule has 9 heteroatoms. The van der Waals surface area contributed by atoms with Gasteiger partial charge in [-0.15, -0.1) is 0 Å². The Hall–Kier alpha value is -2.84. The van der Waals surface area contributed by atoms with E-state index in [2.05, 4.69) is 5.32 Å². The van der Waals surface area contributed by atoms with Gasteiger partial charge >= 0.3 is 5.69 Å². The molecule has 5 N–H and O–H groups in total. The fraction of sp³-hybridized carbons (Fsp3) is 0.273. The fourth-order valence-corrected chi connectivity index (χ4v) is 1.78. The Labute approximate surface area is 114 Å². The van der Waals surface area contributed by atoms with E-state index in [1.807, 2.05) is 0 Å². The summed E-state index contributed by atoms with van der Waals surface area (Å²) in [6.07, 6.45) is 0. The molecule has 0 unspecified atom stereocenters. The van der Waals surface area contributed by atoms with Gasteiger partial charge in [-0.1, -0.05) is 6.07 Å². The Kier molecular flexibility index (Phi) is 4.84. The van der Waals surface area contributed by atoms with Gasteiger partial charge in [-0.25, -0.2) is 0 Å². The van der Waals surface area contributed by atoms with Gasteiger partial charge in [0.1, 0.15) is 11.4 Å². The number of anilines is 2. The van der Waals surface area contributed by atoms with Crippen LogP contribution in [0.25, 0.3) is 0 Å². The first kappa shape index (κ1) is 15.2. The van der Waals surface area contributed by atoms with Crippen molar-refractivity contribution in [3.05, 3.63) is 28.3 Å². The second-order valence-electron chi connectivity index (χ2n) is 3.97. The summed E-state index contributed by atoms with van der Waals surface area (Å²) >= 11 is 0. The lowest BCUT2D eigenvalue weighted by Crippen LogP contribution is -2.40. The molecule has 0 aliphatic heterocycles. The van der Waals surface area contributed by atoms with Gasteiger partial charge in [-0.3, -0.25) is 19.7 Å². The molecule has 1 aromatic rings. The molecule has 0 spiro atoms. The number of rotatable bonds is 7. The molecular formula is C11H15N5O4. The molecule has 1 rings (SSSR count). The summed E-state index contributed by atoms with van der Waals surface area (Å²) in [7, 11) is 1.53. The quantitative estimate of drug-likeness (QED) is 0.450. The zero-order valence-electron chi connectivity index (χ0n) is 10.8. The van der Waals surface area contributed by atoms with E-state index in [1.54, 1.807) is 6.07 Å². The monoisotopic (exact) mass is 281 g/mol. The van der Waals surface area contributed by atoms with Crippen molar-refractivity contribution in [2.45, 2.75) is 0 Å². The van der Waals surface area contributed by atoms with E-state index in [0.29, 0.717) is 0 Å². The number of primary amides is 2. The lowest BCUT2D eigenvalue weighted by atomic mass is 10.2. The summed E-state index contributed by atoms with van der Waals surface area (Å²) in [4.78, 5) is 33.8. The van der Waals surface area contributed by atoms with E-state index in [9.17, 15) is 19.7 Å². The van der Waals surface area contributed by atoms with Crippen molar-refractivity contribution in [1.82, 2.24) is 0 Å². The van der Waals surface area contributed by atoms with Gasteiger partial charge in [0, 0.05) is 7.05 Å². The number of para-hydroxylation sites is 1. The van der Waals surface area contributed by atoms with Gasteiger partial charge in [-0.05, 0) is 12.1 Å². The molecule has 20 heavy (non-hydrogen) atoms. The predicted octanol–water partition coefficient (Wildman–Crippen LogP) is -0.586. The Balaban J connectivity index is 3.34. The van der Waals surface area contributed by atoms with E-state index >= 15 is 0 Å². The van der Waals surface area contributed by atoms with Crippen LogP contribution in [0.5, 0.6) is 0 Å². The van der Waals surface area contributed by atoms with Crippen molar-refractivity contribution >= 4 is 28.9 Å².